The predicted octanol–water partition coefficient (Wildman–Crippen LogP) is 5.08. The van der Waals surface area contributed by atoms with E-state index in [1.54, 1.807) is 0 Å². The number of hydrogen-bond acceptors (Lipinski definition) is 1. The number of fused-ring (bicyclic) bond motifs is 1. The Bertz CT molecular complexity index is 754. The average molecular weight is 297 g/mol. The highest BCUT2D eigenvalue weighted by Gasteiger charge is 2.11. The van der Waals surface area contributed by atoms with Crippen molar-refractivity contribution in [3.63, 3.8) is 0 Å². The second-order valence-electron chi connectivity index (χ2n) is 5.42. The molecule has 0 bridgehead atoms. The maximum Gasteiger partial charge on any atom is 0.0831 e. The van der Waals surface area contributed by atoms with Gasteiger partial charge < -0.3 is 5.11 Å². The van der Waals surface area contributed by atoms with Gasteiger partial charge in [-0.1, -0.05) is 60.1 Å². The third kappa shape index (κ3) is 3.10. The zero-order valence-electron chi connectivity index (χ0n) is 11.9. The van der Waals surface area contributed by atoms with Crippen LogP contribution in [0.15, 0.2) is 60.7 Å². The number of aliphatic hydroxyl groups excluding tert-OH is 1. The van der Waals surface area contributed by atoms with Crippen molar-refractivity contribution in [1.29, 1.82) is 0 Å². The molecule has 0 saturated carbocycles. The molecule has 0 radical (unpaired) electrons. The molecule has 2 heteroatoms. The van der Waals surface area contributed by atoms with Crippen LogP contribution < -0.4 is 0 Å². The molecule has 106 valence electrons. The lowest BCUT2D eigenvalue weighted by Crippen LogP contribution is -2.02. The second-order valence-corrected chi connectivity index (χ2v) is 5.86. The van der Waals surface area contributed by atoms with Crippen LogP contribution in [0.4, 0.5) is 0 Å². The molecule has 0 fully saturated rings. The highest BCUT2D eigenvalue weighted by molar-refractivity contribution is 6.30. The summed E-state index contributed by atoms with van der Waals surface area (Å²) in [6, 6.07) is 20.2. The van der Waals surface area contributed by atoms with E-state index in [1.807, 2.05) is 43.3 Å². The van der Waals surface area contributed by atoms with Crippen LogP contribution in [0.5, 0.6) is 0 Å². The van der Waals surface area contributed by atoms with E-state index in [-0.39, 0.29) is 0 Å². The number of aryl methyl sites for hydroxylation is 1. The molecule has 1 nitrogen and oxygen atoms in total. The van der Waals surface area contributed by atoms with E-state index >= 15 is 0 Å². The maximum absolute atomic E-state index is 10.5. The topological polar surface area (TPSA) is 20.2 Å². The molecule has 21 heavy (non-hydrogen) atoms. The van der Waals surface area contributed by atoms with Gasteiger partial charge in [0.2, 0.25) is 0 Å². The zero-order valence-corrected chi connectivity index (χ0v) is 12.6. The van der Waals surface area contributed by atoms with Crippen molar-refractivity contribution in [1.82, 2.24) is 0 Å². The fourth-order valence-corrected chi connectivity index (χ4v) is 3.05. The molecule has 0 heterocycles. The summed E-state index contributed by atoms with van der Waals surface area (Å²) in [7, 11) is 0. The highest BCUT2D eigenvalue weighted by atomic mass is 35.5. The first-order chi connectivity index (χ1) is 10.1. The van der Waals surface area contributed by atoms with Gasteiger partial charge in [-0.05, 0) is 46.5 Å². The lowest BCUT2D eigenvalue weighted by Gasteiger charge is -2.14. The number of aliphatic hydroxyl groups is 1. The molecule has 0 aromatic heterocycles. The second kappa shape index (κ2) is 5.88. The highest BCUT2D eigenvalue weighted by Crippen LogP contribution is 2.26. The van der Waals surface area contributed by atoms with Crippen molar-refractivity contribution < 1.29 is 5.11 Å². The van der Waals surface area contributed by atoms with E-state index in [0.29, 0.717) is 11.4 Å². The first-order valence-corrected chi connectivity index (χ1v) is 7.43. The van der Waals surface area contributed by atoms with Crippen LogP contribution in [0.1, 0.15) is 22.8 Å². The summed E-state index contributed by atoms with van der Waals surface area (Å²) in [4.78, 5) is 0. The quantitative estimate of drug-likeness (QED) is 0.715. The van der Waals surface area contributed by atoms with E-state index in [1.165, 1.54) is 10.8 Å². The van der Waals surface area contributed by atoms with Crippen molar-refractivity contribution in [3.8, 4) is 0 Å². The number of rotatable bonds is 3. The van der Waals surface area contributed by atoms with Crippen LogP contribution in [0.25, 0.3) is 10.8 Å². The van der Waals surface area contributed by atoms with Crippen LogP contribution in [-0.2, 0) is 6.42 Å². The molecule has 3 aromatic carbocycles. The smallest absolute Gasteiger partial charge is 0.0831 e. The molecule has 1 N–H and O–H groups in total. The van der Waals surface area contributed by atoms with E-state index < -0.39 is 6.10 Å². The predicted molar refractivity (Wildman–Crippen MR) is 88.8 cm³/mol. The molecule has 1 unspecified atom stereocenters. The molecule has 1 atom stereocenters. The maximum atomic E-state index is 10.5. The van der Waals surface area contributed by atoms with Crippen molar-refractivity contribution in [2.45, 2.75) is 19.4 Å². The SMILES string of the molecule is Cc1cc(Cl)cc(C(O)Cc2cccc3ccccc23)c1. The van der Waals surface area contributed by atoms with E-state index in [2.05, 4.69) is 24.3 Å². The minimum Gasteiger partial charge on any atom is -0.388 e. The Hall–Kier alpha value is -1.83. The van der Waals surface area contributed by atoms with Gasteiger partial charge in [0.1, 0.15) is 0 Å². The molecule has 0 amide bonds. The van der Waals surface area contributed by atoms with Crippen LogP contribution >= 0.6 is 11.6 Å². The van der Waals surface area contributed by atoms with Gasteiger partial charge in [-0.2, -0.15) is 0 Å². The van der Waals surface area contributed by atoms with Crippen molar-refractivity contribution in [3.05, 3.63) is 82.4 Å². The standard InChI is InChI=1S/C19H17ClO/c1-13-9-16(11-17(20)10-13)19(21)12-15-7-4-6-14-5-2-3-8-18(14)15/h2-11,19,21H,12H2,1H3. The van der Waals surface area contributed by atoms with E-state index in [9.17, 15) is 5.11 Å². The Labute approximate surface area is 129 Å². The van der Waals surface area contributed by atoms with Crippen molar-refractivity contribution in [2.75, 3.05) is 0 Å². The molecule has 0 saturated heterocycles. The molecular weight excluding hydrogens is 280 g/mol. The average Bonchev–Trinajstić information content (AvgIpc) is 2.46. The first kappa shape index (κ1) is 14.1. The van der Waals surface area contributed by atoms with Gasteiger partial charge >= 0.3 is 0 Å². The Balaban J connectivity index is 1.94. The monoisotopic (exact) mass is 296 g/mol. The largest absolute Gasteiger partial charge is 0.388 e. The molecular formula is C19H17ClO. The fraction of sp³-hybridized carbons (Fsp3) is 0.158. The Morgan fingerprint density at radius 2 is 1.76 bits per heavy atom. The van der Waals surface area contributed by atoms with Crippen LogP contribution in [0.3, 0.4) is 0 Å². The van der Waals surface area contributed by atoms with Gasteiger partial charge in [0.05, 0.1) is 6.10 Å². The molecule has 0 aliphatic heterocycles. The van der Waals surface area contributed by atoms with Gasteiger partial charge in [-0.15, -0.1) is 0 Å². The van der Waals surface area contributed by atoms with Gasteiger partial charge in [-0.3, -0.25) is 0 Å². The number of halogens is 1. The lowest BCUT2D eigenvalue weighted by molar-refractivity contribution is 0.179. The minimum absolute atomic E-state index is 0.548. The first-order valence-electron chi connectivity index (χ1n) is 7.05. The third-order valence-corrected chi connectivity index (χ3v) is 3.96. The van der Waals surface area contributed by atoms with Gasteiger partial charge in [0.15, 0.2) is 0 Å². The summed E-state index contributed by atoms with van der Waals surface area (Å²) in [6.07, 6.45) is 0.0365. The lowest BCUT2D eigenvalue weighted by atomic mass is 9.96. The Morgan fingerprint density at radius 1 is 1.00 bits per heavy atom. The molecule has 0 spiro atoms. The van der Waals surface area contributed by atoms with Crippen molar-refractivity contribution >= 4 is 22.4 Å². The zero-order chi connectivity index (χ0) is 14.8. The molecule has 0 aliphatic carbocycles. The van der Waals surface area contributed by atoms with Crippen LogP contribution in [0.2, 0.25) is 5.02 Å². The summed E-state index contributed by atoms with van der Waals surface area (Å²) >= 11 is 6.08. The Kier molecular flexibility index (Phi) is 3.96. The molecule has 0 aliphatic rings. The number of hydrogen-bond donors (Lipinski definition) is 1. The third-order valence-electron chi connectivity index (χ3n) is 3.74. The molecule has 3 rings (SSSR count). The fourth-order valence-electron chi connectivity index (χ4n) is 2.75. The summed E-state index contributed by atoms with van der Waals surface area (Å²) in [5.74, 6) is 0. The number of benzene rings is 3. The van der Waals surface area contributed by atoms with Gasteiger partial charge in [-0.25, -0.2) is 0 Å². The van der Waals surface area contributed by atoms with Crippen LogP contribution in [0, 0.1) is 6.92 Å². The normalized spacial score (nSPS) is 12.5. The summed E-state index contributed by atoms with van der Waals surface area (Å²) < 4.78 is 0. The minimum atomic E-state index is -0.548. The molecule has 3 aromatic rings. The summed E-state index contributed by atoms with van der Waals surface area (Å²) in [5, 5.41) is 13.6. The Morgan fingerprint density at radius 3 is 2.57 bits per heavy atom. The van der Waals surface area contributed by atoms with Crippen molar-refractivity contribution in [2.24, 2.45) is 0 Å². The van der Waals surface area contributed by atoms with Crippen LogP contribution in [-0.4, -0.2) is 5.11 Å². The van der Waals surface area contributed by atoms with Gasteiger partial charge in [0, 0.05) is 11.4 Å². The van der Waals surface area contributed by atoms with Gasteiger partial charge in [0.25, 0.3) is 0 Å². The van der Waals surface area contributed by atoms with E-state index in [0.717, 1.165) is 16.7 Å². The summed E-state index contributed by atoms with van der Waals surface area (Å²) in [5.41, 5.74) is 3.08. The summed E-state index contributed by atoms with van der Waals surface area (Å²) in [6.45, 7) is 1.99. The van der Waals surface area contributed by atoms with E-state index in [4.69, 9.17) is 11.6 Å².